The minimum Gasteiger partial charge on any atom is -0.497 e. The van der Waals surface area contributed by atoms with Gasteiger partial charge in [0.15, 0.2) is 0 Å². The van der Waals surface area contributed by atoms with Crippen molar-refractivity contribution in [3.8, 4) is 5.75 Å². The van der Waals surface area contributed by atoms with E-state index in [1.807, 2.05) is 41.0 Å². The van der Waals surface area contributed by atoms with Gasteiger partial charge in [-0.15, -0.1) is 0 Å². The molecular formula is C28H33N3O5. The second-order valence-electron chi connectivity index (χ2n) is 9.82. The maximum absolute atomic E-state index is 13.9. The van der Waals surface area contributed by atoms with Crippen molar-refractivity contribution in [1.82, 2.24) is 14.7 Å². The van der Waals surface area contributed by atoms with Crippen LogP contribution >= 0.6 is 0 Å². The number of amides is 3. The average molecular weight is 492 g/mol. The highest BCUT2D eigenvalue weighted by Crippen LogP contribution is 2.39. The zero-order valence-corrected chi connectivity index (χ0v) is 20.9. The first-order valence-corrected chi connectivity index (χ1v) is 12.7. The SMILES string of the molecule is COc1ccc(C(=O)N2C(C(=O)N3CCCC3)COC23CCN(C(=O)c2ccccc2C)CC3)cc1. The lowest BCUT2D eigenvalue weighted by Gasteiger charge is -2.45. The van der Waals surface area contributed by atoms with E-state index in [-0.39, 0.29) is 24.3 Å². The van der Waals surface area contributed by atoms with Crippen LogP contribution in [0.3, 0.4) is 0 Å². The number of nitrogens with zero attached hydrogens (tertiary/aromatic N) is 3. The Bertz CT molecular complexity index is 1130. The van der Waals surface area contributed by atoms with Crippen LogP contribution in [-0.2, 0) is 9.53 Å². The van der Waals surface area contributed by atoms with Crippen LogP contribution in [0.2, 0.25) is 0 Å². The fourth-order valence-corrected chi connectivity index (χ4v) is 5.62. The van der Waals surface area contributed by atoms with Crippen LogP contribution < -0.4 is 4.74 Å². The molecule has 0 radical (unpaired) electrons. The van der Waals surface area contributed by atoms with Crippen molar-refractivity contribution in [2.24, 2.45) is 0 Å². The van der Waals surface area contributed by atoms with Gasteiger partial charge in [-0.25, -0.2) is 0 Å². The van der Waals surface area contributed by atoms with Gasteiger partial charge in [0.2, 0.25) is 5.91 Å². The summed E-state index contributed by atoms with van der Waals surface area (Å²) in [6, 6.07) is 13.8. The van der Waals surface area contributed by atoms with Crippen LogP contribution in [0.4, 0.5) is 0 Å². The van der Waals surface area contributed by atoms with E-state index in [1.165, 1.54) is 0 Å². The van der Waals surface area contributed by atoms with Crippen molar-refractivity contribution in [2.45, 2.75) is 44.4 Å². The number of benzene rings is 2. The molecule has 5 rings (SSSR count). The quantitative estimate of drug-likeness (QED) is 0.657. The molecule has 3 amide bonds. The van der Waals surface area contributed by atoms with E-state index in [4.69, 9.17) is 9.47 Å². The number of ether oxygens (including phenoxy) is 2. The van der Waals surface area contributed by atoms with Gasteiger partial charge in [0.1, 0.15) is 17.5 Å². The molecule has 3 fully saturated rings. The molecule has 0 aromatic heterocycles. The lowest BCUT2D eigenvalue weighted by molar-refractivity contribution is -0.136. The first-order valence-electron chi connectivity index (χ1n) is 12.7. The fourth-order valence-electron chi connectivity index (χ4n) is 5.62. The number of rotatable bonds is 4. The van der Waals surface area contributed by atoms with Crippen molar-refractivity contribution in [3.05, 3.63) is 65.2 Å². The average Bonchev–Trinajstić information content (AvgIpc) is 3.57. The molecule has 0 aliphatic carbocycles. The highest BCUT2D eigenvalue weighted by atomic mass is 16.5. The lowest BCUT2D eigenvalue weighted by atomic mass is 9.95. The molecule has 3 aliphatic heterocycles. The summed E-state index contributed by atoms with van der Waals surface area (Å²) in [6.45, 7) is 4.43. The van der Waals surface area contributed by atoms with E-state index in [1.54, 1.807) is 36.3 Å². The van der Waals surface area contributed by atoms with Crippen molar-refractivity contribution in [1.29, 1.82) is 0 Å². The molecule has 8 nitrogen and oxygen atoms in total. The number of carbonyl (C=O) groups excluding carboxylic acids is 3. The Hall–Kier alpha value is -3.39. The van der Waals surface area contributed by atoms with Gasteiger partial charge in [-0.05, 0) is 55.7 Å². The van der Waals surface area contributed by atoms with Crippen LogP contribution in [0, 0.1) is 6.92 Å². The van der Waals surface area contributed by atoms with Gasteiger partial charge < -0.3 is 19.3 Å². The number of carbonyl (C=O) groups is 3. The standard InChI is InChI=1S/C28H33N3O5/c1-20-7-3-4-8-23(20)26(33)30-17-13-28(14-18-30)31(25(32)21-9-11-22(35-2)12-10-21)24(19-36-28)27(34)29-15-5-6-16-29/h3-4,7-12,24H,5-6,13-19H2,1-2H3. The van der Waals surface area contributed by atoms with Gasteiger partial charge in [-0.1, -0.05) is 18.2 Å². The Morgan fingerprint density at radius 2 is 1.56 bits per heavy atom. The molecule has 1 atom stereocenters. The van der Waals surface area contributed by atoms with Crippen LogP contribution in [0.5, 0.6) is 5.75 Å². The topological polar surface area (TPSA) is 79.4 Å². The summed E-state index contributed by atoms with van der Waals surface area (Å²) < 4.78 is 11.6. The molecule has 8 heteroatoms. The summed E-state index contributed by atoms with van der Waals surface area (Å²) in [7, 11) is 1.58. The normalized spacial score (nSPS) is 21.2. The molecule has 190 valence electrons. The Kier molecular flexibility index (Phi) is 6.71. The van der Waals surface area contributed by atoms with Crippen molar-refractivity contribution >= 4 is 17.7 Å². The minimum absolute atomic E-state index is 0.0151. The van der Waals surface area contributed by atoms with Gasteiger partial charge in [-0.2, -0.15) is 0 Å². The molecule has 3 saturated heterocycles. The smallest absolute Gasteiger partial charge is 0.256 e. The molecule has 0 saturated carbocycles. The maximum Gasteiger partial charge on any atom is 0.256 e. The molecule has 3 aliphatic rings. The number of aryl methyl sites for hydroxylation is 1. The number of piperidine rings is 1. The summed E-state index contributed by atoms with van der Waals surface area (Å²) in [4.78, 5) is 45.9. The van der Waals surface area contributed by atoms with E-state index in [9.17, 15) is 14.4 Å². The third-order valence-corrected chi connectivity index (χ3v) is 7.73. The molecule has 1 spiro atoms. The van der Waals surface area contributed by atoms with Crippen LogP contribution in [-0.4, -0.2) is 84.1 Å². The largest absolute Gasteiger partial charge is 0.497 e. The molecule has 36 heavy (non-hydrogen) atoms. The van der Waals surface area contributed by atoms with Crippen LogP contribution in [0.15, 0.2) is 48.5 Å². The lowest BCUT2D eigenvalue weighted by Crippen LogP contribution is -2.60. The fraction of sp³-hybridized carbons (Fsp3) is 0.464. The summed E-state index contributed by atoms with van der Waals surface area (Å²) in [5, 5.41) is 0. The Morgan fingerprint density at radius 1 is 0.889 bits per heavy atom. The van der Waals surface area contributed by atoms with Gasteiger partial charge >= 0.3 is 0 Å². The summed E-state index contributed by atoms with van der Waals surface area (Å²) in [5.74, 6) is 0.362. The van der Waals surface area contributed by atoms with Crippen molar-refractivity contribution in [3.63, 3.8) is 0 Å². The molecule has 0 N–H and O–H groups in total. The second kappa shape index (κ2) is 9.93. The predicted molar refractivity (Wildman–Crippen MR) is 134 cm³/mol. The van der Waals surface area contributed by atoms with Crippen LogP contribution in [0.1, 0.15) is 52.0 Å². The van der Waals surface area contributed by atoms with Crippen molar-refractivity contribution < 1.29 is 23.9 Å². The summed E-state index contributed by atoms with van der Waals surface area (Å²) in [5.41, 5.74) is 1.19. The monoisotopic (exact) mass is 491 g/mol. The molecule has 2 aromatic carbocycles. The number of likely N-dealkylation sites (tertiary alicyclic amines) is 2. The predicted octanol–water partition coefficient (Wildman–Crippen LogP) is 3.10. The Balaban J connectivity index is 1.40. The minimum atomic E-state index is -0.917. The van der Waals surface area contributed by atoms with Gasteiger partial charge in [0.25, 0.3) is 11.8 Å². The molecule has 0 bridgehead atoms. The van der Waals surface area contributed by atoms with E-state index in [0.29, 0.717) is 55.9 Å². The summed E-state index contributed by atoms with van der Waals surface area (Å²) in [6.07, 6.45) is 2.87. The third-order valence-electron chi connectivity index (χ3n) is 7.73. The van der Waals surface area contributed by atoms with Gasteiger partial charge in [-0.3, -0.25) is 19.3 Å². The van der Waals surface area contributed by atoms with Gasteiger partial charge in [0.05, 0.1) is 13.7 Å². The van der Waals surface area contributed by atoms with Crippen molar-refractivity contribution in [2.75, 3.05) is 39.9 Å². The number of hydrogen-bond donors (Lipinski definition) is 0. The molecular weight excluding hydrogens is 458 g/mol. The Labute approximate surface area is 211 Å². The second-order valence-corrected chi connectivity index (χ2v) is 9.82. The molecule has 3 heterocycles. The van der Waals surface area contributed by atoms with E-state index < -0.39 is 11.8 Å². The molecule has 2 aromatic rings. The van der Waals surface area contributed by atoms with E-state index in [2.05, 4.69) is 0 Å². The first kappa shape index (κ1) is 24.3. The highest BCUT2D eigenvalue weighted by molar-refractivity contribution is 5.99. The number of hydrogen-bond acceptors (Lipinski definition) is 5. The first-order chi connectivity index (χ1) is 17.4. The maximum atomic E-state index is 13.9. The molecule has 1 unspecified atom stereocenters. The van der Waals surface area contributed by atoms with Crippen LogP contribution in [0.25, 0.3) is 0 Å². The highest BCUT2D eigenvalue weighted by Gasteiger charge is 2.55. The van der Waals surface area contributed by atoms with E-state index in [0.717, 1.165) is 18.4 Å². The van der Waals surface area contributed by atoms with E-state index >= 15 is 0 Å². The third kappa shape index (κ3) is 4.34. The zero-order valence-electron chi connectivity index (χ0n) is 20.9. The Morgan fingerprint density at radius 3 is 2.19 bits per heavy atom. The van der Waals surface area contributed by atoms with Gasteiger partial charge in [0, 0.05) is 50.1 Å². The zero-order chi connectivity index (χ0) is 25.3. The summed E-state index contributed by atoms with van der Waals surface area (Å²) >= 11 is 0. The number of methoxy groups -OCH3 is 1.